The molecule has 2 heteroatoms. The van der Waals surface area contributed by atoms with Gasteiger partial charge >= 0.3 is 0 Å². The van der Waals surface area contributed by atoms with E-state index >= 15 is 0 Å². The Balaban J connectivity index is 1.20. The number of hydrogen-bond donors (Lipinski definition) is 0. The predicted molar refractivity (Wildman–Crippen MR) is 221 cm³/mol. The summed E-state index contributed by atoms with van der Waals surface area (Å²) >= 11 is 0. The Morgan fingerprint density at radius 2 is 1.22 bits per heavy atom. The molecular weight excluding hydrogens is 617 g/mol. The molecule has 1 heterocycles. The van der Waals surface area contributed by atoms with Crippen LogP contribution in [0.1, 0.15) is 44.2 Å². The molecule has 6 aromatic carbocycles. The van der Waals surface area contributed by atoms with Crippen LogP contribution in [-0.2, 0) is 0 Å². The molecule has 0 unspecified atom stereocenters. The van der Waals surface area contributed by atoms with Crippen LogP contribution >= 0.6 is 0 Å². The third kappa shape index (κ3) is 6.37. The van der Waals surface area contributed by atoms with Crippen molar-refractivity contribution in [3.8, 4) is 11.1 Å². The van der Waals surface area contributed by atoms with Crippen LogP contribution in [0.2, 0.25) is 0 Å². The van der Waals surface area contributed by atoms with Gasteiger partial charge in [-0.3, -0.25) is 0 Å². The zero-order chi connectivity index (χ0) is 34.6. The van der Waals surface area contributed by atoms with Crippen LogP contribution < -0.4 is 4.90 Å². The van der Waals surface area contributed by atoms with Gasteiger partial charge in [-0.2, -0.15) is 0 Å². The van der Waals surface area contributed by atoms with E-state index in [-0.39, 0.29) is 0 Å². The van der Waals surface area contributed by atoms with Crippen LogP contribution in [0.5, 0.6) is 0 Å². The second-order valence-corrected chi connectivity index (χ2v) is 13.1. The molecule has 0 atom stereocenters. The summed E-state index contributed by atoms with van der Waals surface area (Å²) in [4.78, 5) is 2.37. The molecule has 0 aliphatic heterocycles. The number of hydrogen-bond acceptors (Lipinski definition) is 1. The van der Waals surface area contributed by atoms with Crippen LogP contribution in [0.25, 0.3) is 49.8 Å². The molecule has 2 nitrogen and oxygen atoms in total. The maximum Gasteiger partial charge on any atom is 0.0558 e. The Hall–Kier alpha value is -6.12. The number of aromatic nitrogens is 1. The lowest BCUT2D eigenvalue weighted by Crippen LogP contribution is -2.10. The molecule has 1 aromatic heterocycles. The van der Waals surface area contributed by atoms with Gasteiger partial charge in [0.2, 0.25) is 0 Å². The van der Waals surface area contributed by atoms with Crippen LogP contribution in [0, 0.1) is 0 Å². The van der Waals surface area contributed by atoms with Gasteiger partial charge < -0.3 is 9.47 Å². The smallest absolute Gasteiger partial charge is 0.0558 e. The van der Waals surface area contributed by atoms with Crippen LogP contribution in [0.3, 0.4) is 0 Å². The molecule has 7 aromatic rings. The van der Waals surface area contributed by atoms with E-state index in [0.29, 0.717) is 0 Å². The highest BCUT2D eigenvalue weighted by Gasteiger charge is 2.19. The zero-order valence-corrected chi connectivity index (χ0v) is 29.3. The van der Waals surface area contributed by atoms with Gasteiger partial charge in [0, 0.05) is 33.5 Å². The summed E-state index contributed by atoms with van der Waals surface area (Å²) in [6, 6.07) is 55.1. The van der Waals surface area contributed by atoms with Gasteiger partial charge in [0.25, 0.3) is 0 Å². The fourth-order valence-electron chi connectivity index (χ4n) is 7.45. The lowest BCUT2D eigenvalue weighted by molar-refractivity contribution is 0.992. The minimum atomic E-state index is 0.967. The fourth-order valence-corrected chi connectivity index (χ4v) is 7.45. The van der Waals surface area contributed by atoms with Crippen molar-refractivity contribution in [1.29, 1.82) is 0 Å². The van der Waals surface area contributed by atoms with Crippen molar-refractivity contribution in [3.63, 3.8) is 0 Å². The highest BCUT2D eigenvalue weighted by molar-refractivity contribution is 6.11. The van der Waals surface area contributed by atoms with Crippen LogP contribution in [-0.4, -0.2) is 4.57 Å². The molecule has 51 heavy (non-hydrogen) atoms. The first kappa shape index (κ1) is 32.1. The quantitative estimate of drug-likeness (QED) is 0.140. The van der Waals surface area contributed by atoms with Gasteiger partial charge in [-0.1, -0.05) is 140 Å². The second-order valence-electron chi connectivity index (χ2n) is 13.1. The van der Waals surface area contributed by atoms with Crippen molar-refractivity contribution in [2.24, 2.45) is 0 Å². The van der Waals surface area contributed by atoms with E-state index in [4.69, 9.17) is 0 Å². The van der Waals surface area contributed by atoms with E-state index in [1.165, 1.54) is 60.9 Å². The van der Waals surface area contributed by atoms with E-state index in [0.717, 1.165) is 36.3 Å². The summed E-state index contributed by atoms with van der Waals surface area (Å²) in [7, 11) is 0. The topological polar surface area (TPSA) is 8.17 Å². The zero-order valence-electron chi connectivity index (χ0n) is 29.3. The molecule has 0 radical (unpaired) electrons. The van der Waals surface area contributed by atoms with E-state index in [2.05, 4.69) is 205 Å². The van der Waals surface area contributed by atoms with E-state index in [9.17, 15) is 0 Å². The lowest BCUT2D eigenvalue weighted by atomic mass is 9.94. The maximum absolute atomic E-state index is 2.49. The SMILES string of the molecule is C/C=C\C=C(/CC)c1ccc(N(c2ccccc2)c2ccc3c4ccccc4n(C4=CC=C(c5ccc(-c6ccccc6)cc5)CC4)c3c2)cc1. The molecule has 0 fully saturated rings. The summed E-state index contributed by atoms with van der Waals surface area (Å²) in [6.45, 7) is 4.28. The van der Waals surface area contributed by atoms with Crippen molar-refractivity contribution in [1.82, 2.24) is 4.57 Å². The minimum absolute atomic E-state index is 0.967. The molecule has 0 bridgehead atoms. The predicted octanol–water partition coefficient (Wildman–Crippen LogP) is 14.0. The Kier molecular flexibility index (Phi) is 9.06. The Morgan fingerprint density at radius 1 is 0.588 bits per heavy atom. The van der Waals surface area contributed by atoms with Crippen molar-refractivity contribution in [2.45, 2.75) is 33.1 Å². The third-order valence-corrected chi connectivity index (χ3v) is 10.1. The second kappa shape index (κ2) is 14.4. The van der Waals surface area contributed by atoms with E-state index < -0.39 is 0 Å². The molecule has 0 amide bonds. The van der Waals surface area contributed by atoms with Gasteiger partial charge in [-0.15, -0.1) is 0 Å². The number of benzene rings is 6. The number of rotatable bonds is 9. The average molecular weight is 659 g/mol. The summed E-state index contributed by atoms with van der Waals surface area (Å²) in [6.07, 6.45) is 14.0. The molecule has 0 spiro atoms. The van der Waals surface area contributed by atoms with Crippen molar-refractivity contribution >= 4 is 55.7 Å². The summed E-state index contributed by atoms with van der Waals surface area (Å²) < 4.78 is 2.49. The van der Waals surface area contributed by atoms with Gasteiger partial charge in [0.05, 0.1) is 11.0 Å². The molecule has 248 valence electrons. The summed E-state index contributed by atoms with van der Waals surface area (Å²) in [5, 5.41) is 2.55. The van der Waals surface area contributed by atoms with Crippen molar-refractivity contribution in [3.05, 3.63) is 193 Å². The Labute approximate surface area is 301 Å². The van der Waals surface area contributed by atoms with Crippen LogP contribution in [0.4, 0.5) is 17.1 Å². The van der Waals surface area contributed by atoms with Crippen LogP contribution in [0.15, 0.2) is 182 Å². The molecule has 0 saturated carbocycles. The number of allylic oxidation sites excluding steroid dienone is 8. The molecule has 1 aliphatic rings. The summed E-state index contributed by atoms with van der Waals surface area (Å²) in [5.41, 5.74) is 15.0. The first-order chi connectivity index (χ1) is 25.2. The lowest BCUT2D eigenvalue weighted by Gasteiger charge is -2.26. The number of para-hydroxylation sites is 2. The summed E-state index contributed by atoms with van der Waals surface area (Å²) in [5.74, 6) is 0. The molecule has 8 rings (SSSR count). The number of nitrogens with zero attached hydrogens (tertiary/aromatic N) is 2. The minimum Gasteiger partial charge on any atom is -0.313 e. The standard InChI is InChI=1S/C49H42N2/c1-3-5-14-36(4-2)38-25-29-43(30-26-38)50(42-17-10-7-11-18-42)45-33-34-47-46-19-12-13-20-48(46)51(49(47)35-45)44-31-27-41(28-32-44)40-23-21-39(22-24-40)37-15-8-6-9-16-37/h3,5-27,29-31,33-35H,4,28,32H2,1-2H3/b5-3-,36-14+. The Morgan fingerprint density at radius 3 is 1.92 bits per heavy atom. The average Bonchev–Trinajstić information content (AvgIpc) is 3.53. The third-order valence-electron chi connectivity index (χ3n) is 10.1. The highest BCUT2D eigenvalue weighted by Crippen LogP contribution is 2.41. The monoisotopic (exact) mass is 658 g/mol. The maximum atomic E-state index is 2.49. The number of anilines is 3. The van der Waals surface area contributed by atoms with E-state index in [1.807, 2.05) is 0 Å². The molecular formula is C49H42N2. The van der Waals surface area contributed by atoms with Gasteiger partial charge in [0.15, 0.2) is 0 Å². The molecule has 0 saturated heterocycles. The van der Waals surface area contributed by atoms with Gasteiger partial charge in [0.1, 0.15) is 0 Å². The fraction of sp³-hybridized carbons (Fsp3) is 0.102. The molecule has 1 aliphatic carbocycles. The Bertz CT molecular complexity index is 2420. The van der Waals surface area contributed by atoms with E-state index in [1.54, 1.807) is 0 Å². The number of fused-ring (bicyclic) bond motifs is 3. The first-order valence-electron chi connectivity index (χ1n) is 18.1. The molecule has 0 N–H and O–H groups in total. The largest absolute Gasteiger partial charge is 0.313 e. The first-order valence-corrected chi connectivity index (χ1v) is 18.1. The normalized spacial score (nSPS) is 13.5. The van der Waals surface area contributed by atoms with Crippen molar-refractivity contribution in [2.75, 3.05) is 4.90 Å². The van der Waals surface area contributed by atoms with Gasteiger partial charge in [-0.05, 0) is 108 Å². The highest BCUT2D eigenvalue weighted by atomic mass is 15.1. The van der Waals surface area contributed by atoms with Gasteiger partial charge in [-0.25, -0.2) is 0 Å². The van der Waals surface area contributed by atoms with Crippen molar-refractivity contribution < 1.29 is 0 Å².